The average molecular weight is 398 g/mol. The standard InChI is InChI=1S/C21H20ClN3O3/c1-13-11-16(22)9-10-18(13)23-19(26)12-28-21(27)20-14(2)24-25(15(20)3)17-7-5-4-6-8-17/h4-11H,12H2,1-3H3,(H,23,26). The number of amides is 1. The van der Waals surface area contributed by atoms with Gasteiger partial charge in [-0.25, -0.2) is 9.48 Å². The van der Waals surface area contributed by atoms with Crippen LogP contribution in [0.4, 0.5) is 5.69 Å². The average Bonchev–Trinajstić information content (AvgIpc) is 2.97. The van der Waals surface area contributed by atoms with Crippen molar-refractivity contribution >= 4 is 29.2 Å². The first-order valence-corrected chi connectivity index (χ1v) is 9.09. The van der Waals surface area contributed by atoms with Crippen molar-refractivity contribution in [2.75, 3.05) is 11.9 Å². The van der Waals surface area contributed by atoms with Crippen LogP contribution in [0.1, 0.15) is 27.3 Å². The van der Waals surface area contributed by atoms with Crippen LogP contribution in [0.15, 0.2) is 48.5 Å². The highest BCUT2D eigenvalue weighted by molar-refractivity contribution is 6.30. The number of ether oxygens (including phenoxy) is 1. The van der Waals surface area contributed by atoms with Crippen LogP contribution in [0.5, 0.6) is 0 Å². The molecule has 0 aliphatic rings. The van der Waals surface area contributed by atoms with Crippen LogP contribution < -0.4 is 5.32 Å². The molecule has 28 heavy (non-hydrogen) atoms. The third-order valence-corrected chi connectivity index (χ3v) is 4.53. The Hall–Kier alpha value is -3.12. The highest BCUT2D eigenvalue weighted by Crippen LogP contribution is 2.20. The van der Waals surface area contributed by atoms with Gasteiger partial charge in [-0.3, -0.25) is 4.79 Å². The molecule has 0 bridgehead atoms. The minimum Gasteiger partial charge on any atom is -0.452 e. The molecule has 0 aliphatic heterocycles. The van der Waals surface area contributed by atoms with Crippen molar-refractivity contribution in [2.24, 2.45) is 0 Å². The van der Waals surface area contributed by atoms with Crippen molar-refractivity contribution in [3.8, 4) is 5.69 Å². The van der Waals surface area contributed by atoms with Gasteiger partial charge in [0.1, 0.15) is 5.56 Å². The lowest BCUT2D eigenvalue weighted by Gasteiger charge is -2.09. The first-order valence-electron chi connectivity index (χ1n) is 8.71. The Morgan fingerprint density at radius 3 is 2.50 bits per heavy atom. The maximum Gasteiger partial charge on any atom is 0.342 e. The van der Waals surface area contributed by atoms with E-state index in [1.165, 1.54) is 0 Å². The summed E-state index contributed by atoms with van der Waals surface area (Å²) in [4.78, 5) is 24.7. The Balaban J connectivity index is 1.68. The minimum atomic E-state index is -0.583. The zero-order valence-corrected chi connectivity index (χ0v) is 16.6. The van der Waals surface area contributed by atoms with E-state index in [4.69, 9.17) is 16.3 Å². The maximum absolute atomic E-state index is 12.5. The number of carbonyl (C=O) groups excluding carboxylic acids is 2. The molecule has 0 fully saturated rings. The predicted octanol–water partition coefficient (Wildman–Crippen LogP) is 4.25. The molecule has 1 aromatic heterocycles. The van der Waals surface area contributed by atoms with Crippen LogP contribution in [0.2, 0.25) is 5.02 Å². The summed E-state index contributed by atoms with van der Waals surface area (Å²) in [6.45, 7) is 4.97. The highest BCUT2D eigenvalue weighted by Gasteiger charge is 2.21. The number of anilines is 1. The molecule has 3 aromatic rings. The summed E-state index contributed by atoms with van der Waals surface area (Å²) in [5.74, 6) is -1.01. The third kappa shape index (κ3) is 4.23. The van der Waals surface area contributed by atoms with E-state index in [2.05, 4.69) is 10.4 Å². The zero-order chi connectivity index (χ0) is 20.3. The van der Waals surface area contributed by atoms with Crippen molar-refractivity contribution in [3.63, 3.8) is 0 Å². The monoisotopic (exact) mass is 397 g/mol. The van der Waals surface area contributed by atoms with Crippen LogP contribution in [0.3, 0.4) is 0 Å². The van der Waals surface area contributed by atoms with E-state index in [0.29, 0.717) is 27.7 Å². The summed E-state index contributed by atoms with van der Waals surface area (Å²) in [5, 5.41) is 7.71. The number of aryl methyl sites for hydroxylation is 2. The van der Waals surface area contributed by atoms with Crippen molar-refractivity contribution < 1.29 is 14.3 Å². The fourth-order valence-corrected chi connectivity index (χ4v) is 3.14. The molecule has 2 aromatic carbocycles. The Morgan fingerprint density at radius 2 is 1.82 bits per heavy atom. The second-order valence-corrected chi connectivity index (χ2v) is 6.81. The highest BCUT2D eigenvalue weighted by atomic mass is 35.5. The summed E-state index contributed by atoms with van der Waals surface area (Å²) in [7, 11) is 0. The van der Waals surface area contributed by atoms with Gasteiger partial charge in [-0.05, 0) is 56.7 Å². The number of nitrogens with one attached hydrogen (secondary N) is 1. The van der Waals surface area contributed by atoms with Gasteiger partial charge in [0.2, 0.25) is 0 Å². The van der Waals surface area contributed by atoms with Gasteiger partial charge in [-0.1, -0.05) is 29.8 Å². The Morgan fingerprint density at radius 1 is 1.11 bits per heavy atom. The number of benzene rings is 2. The van der Waals surface area contributed by atoms with Gasteiger partial charge in [0.15, 0.2) is 6.61 Å². The minimum absolute atomic E-state index is 0.360. The van der Waals surface area contributed by atoms with E-state index >= 15 is 0 Å². The molecular formula is C21H20ClN3O3. The van der Waals surface area contributed by atoms with Crippen molar-refractivity contribution in [1.29, 1.82) is 0 Å². The van der Waals surface area contributed by atoms with E-state index in [9.17, 15) is 9.59 Å². The van der Waals surface area contributed by atoms with Crippen LogP contribution in [0, 0.1) is 20.8 Å². The fourth-order valence-electron chi connectivity index (χ4n) is 2.92. The Bertz CT molecular complexity index is 1030. The lowest BCUT2D eigenvalue weighted by atomic mass is 10.2. The van der Waals surface area contributed by atoms with E-state index in [0.717, 1.165) is 11.3 Å². The summed E-state index contributed by atoms with van der Waals surface area (Å²) in [6, 6.07) is 14.6. The van der Waals surface area contributed by atoms with Crippen LogP contribution in [0.25, 0.3) is 5.69 Å². The van der Waals surface area contributed by atoms with Gasteiger partial charge in [0.05, 0.1) is 17.1 Å². The number of carbonyl (C=O) groups is 2. The topological polar surface area (TPSA) is 73.2 Å². The number of para-hydroxylation sites is 1. The molecule has 0 spiro atoms. The van der Waals surface area contributed by atoms with Crippen molar-refractivity contribution in [2.45, 2.75) is 20.8 Å². The molecule has 3 rings (SSSR count). The number of halogens is 1. The molecule has 0 radical (unpaired) electrons. The number of hydrogen-bond acceptors (Lipinski definition) is 4. The van der Waals surface area contributed by atoms with E-state index < -0.39 is 18.5 Å². The molecule has 0 aliphatic carbocycles. The SMILES string of the molecule is Cc1cc(Cl)ccc1NC(=O)COC(=O)c1c(C)nn(-c2ccccc2)c1C. The fraction of sp³-hybridized carbons (Fsp3) is 0.190. The molecule has 144 valence electrons. The van der Waals surface area contributed by atoms with Gasteiger partial charge in [0.25, 0.3) is 5.91 Å². The van der Waals surface area contributed by atoms with Gasteiger partial charge in [-0.15, -0.1) is 0 Å². The largest absolute Gasteiger partial charge is 0.452 e. The number of nitrogens with zero attached hydrogens (tertiary/aromatic N) is 2. The summed E-state index contributed by atoms with van der Waals surface area (Å²) < 4.78 is 6.89. The van der Waals surface area contributed by atoms with Crippen molar-refractivity contribution in [1.82, 2.24) is 9.78 Å². The number of aromatic nitrogens is 2. The van der Waals surface area contributed by atoms with E-state index in [1.807, 2.05) is 37.3 Å². The van der Waals surface area contributed by atoms with Gasteiger partial charge in [0, 0.05) is 10.7 Å². The molecule has 1 heterocycles. The zero-order valence-electron chi connectivity index (χ0n) is 15.8. The molecule has 6 nitrogen and oxygen atoms in total. The third-order valence-electron chi connectivity index (χ3n) is 4.29. The second-order valence-electron chi connectivity index (χ2n) is 6.38. The summed E-state index contributed by atoms with van der Waals surface area (Å²) in [6.07, 6.45) is 0. The van der Waals surface area contributed by atoms with Crippen molar-refractivity contribution in [3.05, 3.63) is 76.1 Å². The molecular weight excluding hydrogens is 378 g/mol. The lowest BCUT2D eigenvalue weighted by molar-refractivity contribution is -0.119. The molecule has 0 unspecified atom stereocenters. The molecule has 1 amide bonds. The molecule has 1 N–H and O–H groups in total. The quantitative estimate of drug-likeness (QED) is 0.653. The lowest BCUT2D eigenvalue weighted by Crippen LogP contribution is -2.21. The maximum atomic E-state index is 12.5. The summed E-state index contributed by atoms with van der Waals surface area (Å²) in [5.41, 5.74) is 3.85. The first-order chi connectivity index (χ1) is 13.4. The van der Waals surface area contributed by atoms with E-state index in [1.54, 1.807) is 36.7 Å². The smallest absolute Gasteiger partial charge is 0.342 e. The molecule has 0 saturated heterocycles. The number of esters is 1. The van der Waals surface area contributed by atoms with E-state index in [-0.39, 0.29) is 0 Å². The Labute approximate surface area is 168 Å². The predicted molar refractivity (Wildman–Crippen MR) is 108 cm³/mol. The van der Waals surface area contributed by atoms with Crippen LogP contribution in [-0.2, 0) is 9.53 Å². The first kappa shape index (κ1) is 19.6. The Kier molecular flexibility index (Phi) is 5.80. The molecule has 0 saturated carbocycles. The van der Waals surface area contributed by atoms with Gasteiger partial charge < -0.3 is 10.1 Å². The molecule has 0 atom stereocenters. The van der Waals surface area contributed by atoms with Crippen LogP contribution >= 0.6 is 11.6 Å². The van der Waals surface area contributed by atoms with Gasteiger partial charge in [-0.2, -0.15) is 5.10 Å². The second kappa shape index (κ2) is 8.27. The number of hydrogen-bond donors (Lipinski definition) is 1. The van der Waals surface area contributed by atoms with Gasteiger partial charge >= 0.3 is 5.97 Å². The normalized spacial score (nSPS) is 10.6. The number of rotatable bonds is 5. The summed E-state index contributed by atoms with van der Waals surface area (Å²) >= 11 is 5.91. The molecule has 7 heteroatoms. The van der Waals surface area contributed by atoms with Crippen LogP contribution in [-0.4, -0.2) is 28.3 Å².